The molecule has 4 N–H and O–H groups in total. The van der Waals surface area contributed by atoms with E-state index in [1.54, 1.807) is 0 Å². The number of carboxylic acids is 1. The number of phenols is 1. The summed E-state index contributed by atoms with van der Waals surface area (Å²) < 4.78 is 0. The van der Waals surface area contributed by atoms with Crippen LogP contribution in [0.15, 0.2) is 18.2 Å². The molecule has 0 saturated carbocycles. The molecule has 0 spiro atoms. The molecule has 1 aromatic carbocycles. The van der Waals surface area contributed by atoms with E-state index in [4.69, 9.17) is 5.11 Å². The molecule has 6 heteroatoms. The molecular formula is C14H20N2O4. The van der Waals surface area contributed by atoms with Gasteiger partial charge in [0.2, 0.25) is 0 Å². The second kappa shape index (κ2) is 7.37. The average Bonchev–Trinajstić information content (AvgIpc) is 2.42. The van der Waals surface area contributed by atoms with Crippen LogP contribution in [-0.4, -0.2) is 28.8 Å². The Morgan fingerprint density at radius 3 is 2.45 bits per heavy atom. The lowest BCUT2D eigenvalue weighted by molar-refractivity contribution is 0.0693. The number of anilines is 1. The first kappa shape index (κ1) is 15.8. The molecule has 0 aliphatic carbocycles. The fourth-order valence-electron chi connectivity index (χ4n) is 1.80. The lowest BCUT2D eigenvalue weighted by atomic mass is 10.0. The second-order valence-corrected chi connectivity index (χ2v) is 4.52. The zero-order valence-electron chi connectivity index (χ0n) is 11.6. The summed E-state index contributed by atoms with van der Waals surface area (Å²) in [5.74, 6) is -1.29. The van der Waals surface area contributed by atoms with E-state index >= 15 is 0 Å². The maximum Gasteiger partial charge on any atom is 0.339 e. The number of hydrogen-bond acceptors (Lipinski definition) is 3. The molecular weight excluding hydrogens is 260 g/mol. The molecule has 0 atom stereocenters. The van der Waals surface area contributed by atoms with E-state index in [0.717, 1.165) is 12.8 Å². The monoisotopic (exact) mass is 280 g/mol. The van der Waals surface area contributed by atoms with Gasteiger partial charge in [-0.25, -0.2) is 9.59 Å². The molecule has 0 heterocycles. The maximum absolute atomic E-state index is 11.7. The van der Waals surface area contributed by atoms with Gasteiger partial charge in [0, 0.05) is 6.54 Å². The molecule has 0 unspecified atom stereocenters. The minimum absolute atomic E-state index is 0.0759. The van der Waals surface area contributed by atoms with Crippen molar-refractivity contribution in [2.24, 2.45) is 5.92 Å². The number of amides is 2. The Labute approximate surface area is 117 Å². The first-order valence-electron chi connectivity index (χ1n) is 6.59. The number of rotatable bonds is 6. The number of para-hydroxylation sites is 1. The Kier molecular flexibility index (Phi) is 5.83. The van der Waals surface area contributed by atoms with Gasteiger partial charge in [-0.2, -0.15) is 0 Å². The first-order valence-corrected chi connectivity index (χ1v) is 6.59. The summed E-state index contributed by atoms with van der Waals surface area (Å²) in [6.45, 7) is 4.64. The van der Waals surface area contributed by atoms with Crippen molar-refractivity contribution in [1.82, 2.24) is 5.32 Å². The van der Waals surface area contributed by atoms with Crippen molar-refractivity contribution in [3.8, 4) is 5.75 Å². The van der Waals surface area contributed by atoms with Crippen molar-refractivity contribution >= 4 is 17.7 Å². The first-order chi connectivity index (χ1) is 9.49. The number of carbonyl (C=O) groups is 2. The Bertz CT molecular complexity index is 484. The molecule has 0 aliphatic heterocycles. The van der Waals surface area contributed by atoms with Gasteiger partial charge in [0.1, 0.15) is 5.56 Å². The van der Waals surface area contributed by atoms with Crippen LogP contribution in [0.1, 0.15) is 37.0 Å². The van der Waals surface area contributed by atoms with Crippen molar-refractivity contribution in [3.63, 3.8) is 0 Å². The van der Waals surface area contributed by atoms with E-state index in [1.165, 1.54) is 18.2 Å². The third-order valence-corrected chi connectivity index (χ3v) is 3.22. The van der Waals surface area contributed by atoms with Crippen LogP contribution in [0.3, 0.4) is 0 Å². The largest absolute Gasteiger partial charge is 0.505 e. The minimum Gasteiger partial charge on any atom is -0.505 e. The van der Waals surface area contributed by atoms with Gasteiger partial charge in [0.05, 0.1) is 5.69 Å². The number of carbonyl (C=O) groups excluding carboxylic acids is 1. The van der Waals surface area contributed by atoms with Crippen LogP contribution >= 0.6 is 0 Å². The van der Waals surface area contributed by atoms with Gasteiger partial charge in [-0.1, -0.05) is 32.8 Å². The van der Waals surface area contributed by atoms with Crippen molar-refractivity contribution in [3.05, 3.63) is 23.8 Å². The predicted octanol–water partition coefficient (Wildman–Crippen LogP) is 2.65. The van der Waals surface area contributed by atoms with Gasteiger partial charge in [0.15, 0.2) is 5.75 Å². The topological polar surface area (TPSA) is 98.7 Å². The summed E-state index contributed by atoms with van der Waals surface area (Å²) in [6, 6.07) is 3.71. The Balaban J connectivity index is 2.67. The zero-order chi connectivity index (χ0) is 15.1. The molecule has 1 rings (SSSR count). The highest BCUT2D eigenvalue weighted by Gasteiger charge is 2.14. The van der Waals surface area contributed by atoms with Gasteiger partial charge in [-0.3, -0.25) is 0 Å². The third kappa shape index (κ3) is 4.15. The number of urea groups is 1. The molecule has 2 amide bonds. The molecule has 20 heavy (non-hydrogen) atoms. The van der Waals surface area contributed by atoms with Crippen molar-refractivity contribution in [2.75, 3.05) is 11.9 Å². The number of aromatic carboxylic acids is 1. The fraction of sp³-hybridized carbons (Fsp3) is 0.429. The number of nitrogens with one attached hydrogen (secondary N) is 2. The standard InChI is InChI=1S/C14H20N2O4/c1-3-9(4-2)8-15-14(20)16-11-7-5-6-10(12(11)17)13(18)19/h5-7,9,17H,3-4,8H2,1-2H3,(H,18,19)(H2,15,16,20). The van der Waals surface area contributed by atoms with E-state index in [0.29, 0.717) is 12.5 Å². The molecule has 0 bridgehead atoms. The van der Waals surface area contributed by atoms with Crippen molar-refractivity contribution in [2.45, 2.75) is 26.7 Å². The van der Waals surface area contributed by atoms with Crippen LogP contribution in [-0.2, 0) is 0 Å². The SMILES string of the molecule is CCC(CC)CNC(=O)Nc1cccc(C(=O)O)c1O. The summed E-state index contributed by atoms with van der Waals surface area (Å²) in [6.07, 6.45) is 1.94. The number of benzene rings is 1. The van der Waals surface area contributed by atoms with Crippen LogP contribution in [0.5, 0.6) is 5.75 Å². The second-order valence-electron chi connectivity index (χ2n) is 4.52. The van der Waals surface area contributed by atoms with E-state index in [9.17, 15) is 14.7 Å². The number of carboxylic acid groups (broad SMARTS) is 1. The smallest absolute Gasteiger partial charge is 0.339 e. The average molecular weight is 280 g/mol. The Morgan fingerprint density at radius 1 is 1.25 bits per heavy atom. The zero-order valence-corrected chi connectivity index (χ0v) is 11.6. The lowest BCUT2D eigenvalue weighted by Crippen LogP contribution is -2.32. The van der Waals surface area contributed by atoms with Gasteiger partial charge >= 0.3 is 12.0 Å². The predicted molar refractivity (Wildman–Crippen MR) is 76.2 cm³/mol. The highest BCUT2D eigenvalue weighted by Crippen LogP contribution is 2.27. The van der Waals surface area contributed by atoms with Gasteiger partial charge in [0.25, 0.3) is 0 Å². The van der Waals surface area contributed by atoms with E-state index in [-0.39, 0.29) is 11.3 Å². The normalized spacial score (nSPS) is 10.3. The van der Waals surface area contributed by atoms with Crippen molar-refractivity contribution < 1.29 is 19.8 Å². The van der Waals surface area contributed by atoms with E-state index < -0.39 is 17.7 Å². The minimum atomic E-state index is -1.25. The fourth-order valence-corrected chi connectivity index (χ4v) is 1.80. The van der Waals surface area contributed by atoms with Gasteiger partial charge in [-0.05, 0) is 18.1 Å². The van der Waals surface area contributed by atoms with E-state index in [1.807, 2.05) is 0 Å². The Morgan fingerprint density at radius 2 is 1.90 bits per heavy atom. The lowest BCUT2D eigenvalue weighted by Gasteiger charge is -2.14. The highest BCUT2D eigenvalue weighted by atomic mass is 16.4. The van der Waals surface area contributed by atoms with Crippen LogP contribution in [0.25, 0.3) is 0 Å². The maximum atomic E-state index is 11.7. The van der Waals surface area contributed by atoms with Crippen LogP contribution in [0, 0.1) is 5.92 Å². The summed E-state index contributed by atoms with van der Waals surface area (Å²) >= 11 is 0. The molecule has 6 nitrogen and oxygen atoms in total. The quantitative estimate of drug-likeness (QED) is 0.602. The summed E-state index contributed by atoms with van der Waals surface area (Å²) in [5.41, 5.74) is -0.172. The molecule has 110 valence electrons. The van der Waals surface area contributed by atoms with Gasteiger partial charge in [-0.15, -0.1) is 0 Å². The summed E-state index contributed by atoms with van der Waals surface area (Å²) in [7, 11) is 0. The van der Waals surface area contributed by atoms with Crippen LogP contribution in [0.2, 0.25) is 0 Å². The van der Waals surface area contributed by atoms with Crippen molar-refractivity contribution in [1.29, 1.82) is 0 Å². The molecule has 0 aliphatic rings. The summed E-state index contributed by atoms with van der Waals surface area (Å²) in [4.78, 5) is 22.6. The molecule has 1 aromatic rings. The number of hydrogen-bond donors (Lipinski definition) is 4. The van der Waals surface area contributed by atoms with Crippen LogP contribution in [0.4, 0.5) is 10.5 Å². The third-order valence-electron chi connectivity index (χ3n) is 3.22. The molecule has 0 saturated heterocycles. The van der Waals surface area contributed by atoms with Crippen LogP contribution < -0.4 is 10.6 Å². The van der Waals surface area contributed by atoms with E-state index in [2.05, 4.69) is 24.5 Å². The molecule has 0 fully saturated rings. The summed E-state index contributed by atoms with van der Waals surface area (Å²) in [5, 5.41) is 23.8. The highest BCUT2D eigenvalue weighted by molar-refractivity contribution is 5.97. The molecule has 0 radical (unpaired) electrons. The Hall–Kier alpha value is -2.24. The number of aromatic hydroxyl groups is 1. The van der Waals surface area contributed by atoms with Gasteiger partial charge < -0.3 is 20.8 Å². The molecule has 0 aromatic heterocycles.